The van der Waals surface area contributed by atoms with E-state index in [1.165, 1.54) is 6.42 Å². The summed E-state index contributed by atoms with van der Waals surface area (Å²) >= 11 is 0. The Morgan fingerprint density at radius 3 is 2.71 bits per heavy atom. The molecule has 128 valence electrons. The van der Waals surface area contributed by atoms with Crippen LogP contribution >= 0.6 is 0 Å². The molecule has 0 bridgehead atoms. The van der Waals surface area contributed by atoms with Gasteiger partial charge in [-0.15, -0.1) is 5.10 Å². The zero-order chi connectivity index (χ0) is 16.5. The Kier molecular flexibility index (Phi) is 3.95. The van der Waals surface area contributed by atoms with E-state index < -0.39 is 0 Å². The second-order valence-corrected chi connectivity index (χ2v) is 6.35. The maximum atomic E-state index is 12.8. The predicted molar refractivity (Wildman–Crippen MR) is 87.0 cm³/mol. The van der Waals surface area contributed by atoms with Crippen molar-refractivity contribution in [2.75, 3.05) is 31.1 Å². The summed E-state index contributed by atoms with van der Waals surface area (Å²) in [6, 6.07) is 0.552. The maximum absolute atomic E-state index is 12.8. The molecule has 0 aromatic carbocycles. The summed E-state index contributed by atoms with van der Waals surface area (Å²) in [4.78, 5) is 16.7. The van der Waals surface area contributed by atoms with E-state index in [2.05, 4.69) is 20.4 Å². The normalized spacial score (nSPS) is 17.9. The first-order valence-corrected chi connectivity index (χ1v) is 8.69. The molecule has 1 aliphatic carbocycles. The van der Waals surface area contributed by atoms with Gasteiger partial charge in [0.2, 0.25) is 5.89 Å². The Hall–Kier alpha value is -2.38. The van der Waals surface area contributed by atoms with Gasteiger partial charge in [-0.1, -0.05) is 12.0 Å². The third-order valence-corrected chi connectivity index (χ3v) is 4.85. The minimum Gasteiger partial charge on any atom is -0.408 e. The number of fused-ring (bicyclic) bond motifs is 1. The Bertz CT molecular complexity index is 729. The number of amides is 1. The van der Waals surface area contributed by atoms with Crippen LogP contribution in [0.15, 0.2) is 4.42 Å². The van der Waals surface area contributed by atoms with Gasteiger partial charge in [0.1, 0.15) is 0 Å². The van der Waals surface area contributed by atoms with Gasteiger partial charge in [0.25, 0.3) is 5.91 Å². The summed E-state index contributed by atoms with van der Waals surface area (Å²) in [5.41, 5.74) is 2.88. The number of H-pyrrole nitrogens is 1. The van der Waals surface area contributed by atoms with Crippen LogP contribution in [-0.2, 0) is 19.3 Å². The van der Waals surface area contributed by atoms with Crippen LogP contribution in [0.2, 0.25) is 0 Å². The van der Waals surface area contributed by atoms with Gasteiger partial charge >= 0.3 is 6.01 Å². The molecular weight excluding hydrogens is 308 g/mol. The quantitative estimate of drug-likeness (QED) is 0.909. The zero-order valence-electron chi connectivity index (χ0n) is 13.9. The van der Waals surface area contributed by atoms with Crippen LogP contribution in [0.1, 0.15) is 47.4 Å². The third kappa shape index (κ3) is 2.65. The lowest BCUT2D eigenvalue weighted by molar-refractivity contribution is 0.0737. The molecule has 1 fully saturated rings. The van der Waals surface area contributed by atoms with Crippen molar-refractivity contribution in [3.05, 3.63) is 22.8 Å². The molecule has 0 atom stereocenters. The zero-order valence-corrected chi connectivity index (χ0v) is 13.9. The Balaban J connectivity index is 1.42. The minimum atomic E-state index is 0.0360. The van der Waals surface area contributed by atoms with Crippen LogP contribution in [0.5, 0.6) is 0 Å². The van der Waals surface area contributed by atoms with Gasteiger partial charge in [-0.25, -0.2) is 0 Å². The molecule has 8 nitrogen and oxygen atoms in total. The summed E-state index contributed by atoms with van der Waals surface area (Å²) in [5.74, 6) is 0.681. The predicted octanol–water partition coefficient (Wildman–Crippen LogP) is 1.20. The van der Waals surface area contributed by atoms with Crippen LogP contribution in [0.3, 0.4) is 0 Å². The Morgan fingerprint density at radius 1 is 1.17 bits per heavy atom. The second kappa shape index (κ2) is 6.26. The Morgan fingerprint density at radius 2 is 1.96 bits per heavy atom. The lowest BCUT2D eigenvalue weighted by Gasteiger charge is -2.33. The van der Waals surface area contributed by atoms with E-state index in [-0.39, 0.29) is 5.91 Å². The van der Waals surface area contributed by atoms with Crippen molar-refractivity contribution in [2.45, 2.75) is 39.0 Å². The summed E-state index contributed by atoms with van der Waals surface area (Å²) in [7, 11) is 0. The third-order valence-electron chi connectivity index (χ3n) is 4.85. The molecule has 1 aliphatic heterocycles. The second-order valence-electron chi connectivity index (χ2n) is 6.35. The van der Waals surface area contributed by atoms with E-state index in [0.29, 0.717) is 43.8 Å². The molecule has 2 aromatic rings. The van der Waals surface area contributed by atoms with Crippen molar-refractivity contribution in [3.63, 3.8) is 0 Å². The highest BCUT2D eigenvalue weighted by atomic mass is 16.4. The molecule has 2 aliphatic rings. The highest BCUT2D eigenvalue weighted by molar-refractivity contribution is 5.94. The van der Waals surface area contributed by atoms with Gasteiger partial charge in [-0.3, -0.25) is 9.89 Å². The van der Waals surface area contributed by atoms with Crippen LogP contribution in [0.4, 0.5) is 6.01 Å². The smallest absolute Gasteiger partial charge is 0.318 e. The van der Waals surface area contributed by atoms with E-state index in [4.69, 9.17) is 4.42 Å². The number of anilines is 1. The van der Waals surface area contributed by atoms with Gasteiger partial charge in [0, 0.05) is 43.9 Å². The molecule has 0 unspecified atom stereocenters. The number of aromatic amines is 1. The number of aryl methyl sites for hydroxylation is 2. The highest BCUT2D eigenvalue weighted by Gasteiger charge is 2.29. The van der Waals surface area contributed by atoms with Gasteiger partial charge in [0.05, 0.1) is 0 Å². The number of nitrogens with zero attached hydrogens (tertiary/aromatic N) is 5. The van der Waals surface area contributed by atoms with E-state index in [1.807, 2.05) is 16.7 Å². The molecule has 2 aromatic heterocycles. The van der Waals surface area contributed by atoms with Gasteiger partial charge in [-0.2, -0.15) is 5.10 Å². The molecule has 1 N–H and O–H groups in total. The first-order chi connectivity index (χ1) is 11.8. The topological polar surface area (TPSA) is 91.2 Å². The number of piperazine rings is 1. The monoisotopic (exact) mass is 330 g/mol. The summed E-state index contributed by atoms with van der Waals surface area (Å²) in [6.07, 6.45) is 4.99. The SMILES string of the molecule is CCc1nnc(N2CCN(C(=O)c3n[nH]c4c3CCCC4)CC2)o1. The van der Waals surface area contributed by atoms with Crippen LogP contribution in [0, 0.1) is 0 Å². The fourth-order valence-corrected chi connectivity index (χ4v) is 3.42. The summed E-state index contributed by atoms with van der Waals surface area (Å²) in [6.45, 7) is 4.67. The van der Waals surface area contributed by atoms with Crippen molar-refractivity contribution in [2.24, 2.45) is 0 Å². The summed E-state index contributed by atoms with van der Waals surface area (Å²) in [5, 5.41) is 15.4. The van der Waals surface area contributed by atoms with Crippen LogP contribution < -0.4 is 4.90 Å². The molecule has 3 heterocycles. The van der Waals surface area contributed by atoms with E-state index in [0.717, 1.165) is 36.9 Å². The lowest BCUT2D eigenvalue weighted by atomic mass is 9.95. The van der Waals surface area contributed by atoms with E-state index in [1.54, 1.807) is 0 Å². The number of hydrogen-bond acceptors (Lipinski definition) is 6. The minimum absolute atomic E-state index is 0.0360. The van der Waals surface area contributed by atoms with Crippen molar-refractivity contribution < 1.29 is 9.21 Å². The van der Waals surface area contributed by atoms with Crippen LogP contribution in [-0.4, -0.2) is 57.4 Å². The maximum Gasteiger partial charge on any atom is 0.318 e. The Labute approximate surface area is 140 Å². The van der Waals surface area contributed by atoms with Crippen molar-refractivity contribution in [3.8, 4) is 0 Å². The molecule has 0 spiro atoms. The molecule has 24 heavy (non-hydrogen) atoms. The molecule has 0 saturated carbocycles. The number of carbonyl (C=O) groups is 1. The number of aromatic nitrogens is 4. The summed E-state index contributed by atoms with van der Waals surface area (Å²) < 4.78 is 5.60. The first-order valence-electron chi connectivity index (χ1n) is 8.69. The molecule has 8 heteroatoms. The van der Waals surface area contributed by atoms with Crippen molar-refractivity contribution >= 4 is 11.9 Å². The largest absolute Gasteiger partial charge is 0.408 e. The molecule has 1 saturated heterocycles. The molecule has 4 rings (SSSR count). The fourth-order valence-electron chi connectivity index (χ4n) is 3.42. The molecular formula is C16H22N6O2. The molecule has 0 radical (unpaired) electrons. The van der Waals surface area contributed by atoms with E-state index in [9.17, 15) is 4.79 Å². The average molecular weight is 330 g/mol. The first kappa shape index (κ1) is 15.2. The number of rotatable bonds is 3. The standard InChI is InChI=1S/C16H22N6O2/c1-2-13-18-20-16(24-13)22-9-7-21(8-10-22)15(23)14-11-5-3-4-6-12(11)17-19-14/h2-10H2,1H3,(H,17,19). The molecule has 1 amide bonds. The fraction of sp³-hybridized carbons (Fsp3) is 0.625. The van der Waals surface area contributed by atoms with Crippen LogP contribution in [0.25, 0.3) is 0 Å². The van der Waals surface area contributed by atoms with Gasteiger partial charge in [0.15, 0.2) is 5.69 Å². The van der Waals surface area contributed by atoms with E-state index >= 15 is 0 Å². The number of carbonyl (C=O) groups excluding carboxylic acids is 1. The van der Waals surface area contributed by atoms with Crippen molar-refractivity contribution in [1.29, 1.82) is 0 Å². The average Bonchev–Trinajstić information content (AvgIpc) is 3.28. The number of nitrogens with one attached hydrogen (secondary N) is 1. The number of hydrogen-bond donors (Lipinski definition) is 1. The highest BCUT2D eigenvalue weighted by Crippen LogP contribution is 2.24. The van der Waals surface area contributed by atoms with Gasteiger partial charge < -0.3 is 14.2 Å². The van der Waals surface area contributed by atoms with Crippen molar-refractivity contribution in [1.82, 2.24) is 25.3 Å². The van der Waals surface area contributed by atoms with Gasteiger partial charge in [-0.05, 0) is 25.7 Å². The lowest BCUT2D eigenvalue weighted by Crippen LogP contribution is -2.49.